The third-order valence-corrected chi connectivity index (χ3v) is 4.17. The zero-order valence-corrected chi connectivity index (χ0v) is 14.0. The number of nitrogens with one attached hydrogen (secondary N) is 1. The molecule has 2 heterocycles. The molecular formula is C20H14F3N3O. The molecule has 0 aliphatic heterocycles. The van der Waals surface area contributed by atoms with Gasteiger partial charge < -0.3 is 4.74 Å². The predicted octanol–water partition coefficient (Wildman–Crippen LogP) is 5.22. The number of hydrogen-bond acceptors (Lipinski definition) is 3. The average molecular weight is 369 g/mol. The van der Waals surface area contributed by atoms with E-state index in [4.69, 9.17) is 4.74 Å². The van der Waals surface area contributed by atoms with Crippen LogP contribution in [0.5, 0.6) is 5.88 Å². The Kier molecular flexibility index (Phi) is 4.27. The summed E-state index contributed by atoms with van der Waals surface area (Å²) in [7, 11) is 0. The standard InChI is InChI=1S/C20H14F3N3O/c21-20(22,23)14-9-16(17-11-25-26-18(17)10-14)15-7-4-8-24-19(15)27-12-13-5-2-1-3-6-13/h1-11H,12H2,(H,25,26). The Labute approximate surface area is 152 Å². The summed E-state index contributed by atoms with van der Waals surface area (Å²) >= 11 is 0. The molecule has 0 saturated carbocycles. The lowest BCUT2D eigenvalue weighted by atomic mass is 9.99. The minimum Gasteiger partial charge on any atom is -0.472 e. The molecule has 0 aliphatic rings. The van der Waals surface area contributed by atoms with Crippen molar-refractivity contribution in [3.05, 3.63) is 78.1 Å². The Morgan fingerprint density at radius 2 is 1.78 bits per heavy atom. The van der Waals surface area contributed by atoms with E-state index in [0.29, 0.717) is 22.0 Å². The SMILES string of the molecule is FC(F)(F)c1cc(-c2cccnc2OCc2ccccc2)c2cn[nH]c2c1. The third kappa shape index (κ3) is 3.48. The lowest BCUT2D eigenvalue weighted by Crippen LogP contribution is -2.05. The quantitative estimate of drug-likeness (QED) is 0.536. The van der Waals surface area contributed by atoms with Gasteiger partial charge in [-0.15, -0.1) is 0 Å². The summed E-state index contributed by atoms with van der Waals surface area (Å²) in [6.07, 6.45) is -1.43. The van der Waals surface area contributed by atoms with Crippen LogP contribution < -0.4 is 4.74 Å². The molecule has 0 atom stereocenters. The van der Waals surface area contributed by atoms with Gasteiger partial charge in [-0.3, -0.25) is 5.10 Å². The van der Waals surface area contributed by atoms with Crippen molar-refractivity contribution < 1.29 is 17.9 Å². The fraction of sp³-hybridized carbons (Fsp3) is 0.100. The molecule has 1 N–H and O–H groups in total. The molecule has 0 aliphatic carbocycles. The molecule has 0 fully saturated rings. The topological polar surface area (TPSA) is 50.8 Å². The Hall–Kier alpha value is -3.35. The second kappa shape index (κ2) is 6.75. The van der Waals surface area contributed by atoms with Gasteiger partial charge in [-0.05, 0) is 35.4 Å². The van der Waals surface area contributed by atoms with E-state index < -0.39 is 11.7 Å². The van der Waals surface area contributed by atoms with E-state index in [1.807, 2.05) is 30.3 Å². The number of benzene rings is 2. The number of aromatic amines is 1. The summed E-state index contributed by atoms with van der Waals surface area (Å²) in [6, 6.07) is 15.0. The minimum absolute atomic E-state index is 0.262. The largest absolute Gasteiger partial charge is 0.472 e. The first kappa shape index (κ1) is 17.1. The van der Waals surface area contributed by atoms with Crippen molar-refractivity contribution in [3.63, 3.8) is 0 Å². The van der Waals surface area contributed by atoms with Crippen LogP contribution in [0.25, 0.3) is 22.0 Å². The predicted molar refractivity (Wildman–Crippen MR) is 95.1 cm³/mol. The maximum Gasteiger partial charge on any atom is 0.416 e. The Balaban J connectivity index is 1.79. The summed E-state index contributed by atoms with van der Waals surface area (Å²) in [5, 5.41) is 7.06. The number of nitrogens with zero attached hydrogens (tertiary/aromatic N) is 2. The Bertz CT molecular complexity index is 1070. The second-order valence-electron chi connectivity index (χ2n) is 5.98. The van der Waals surface area contributed by atoms with Gasteiger partial charge in [0.2, 0.25) is 5.88 Å². The molecule has 4 rings (SSSR count). The summed E-state index contributed by atoms with van der Waals surface area (Å²) in [6.45, 7) is 0.262. The normalized spacial score (nSPS) is 11.7. The van der Waals surface area contributed by atoms with Crippen LogP contribution in [0.3, 0.4) is 0 Å². The Morgan fingerprint density at radius 3 is 2.56 bits per heavy atom. The van der Waals surface area contributed by atoms with Gasteiger partial charge in [0.1, 0.15) is 6.61 Å². The van der Waals surface area contributed by atoms with E-state index in [9.17, 15) is 13.2 Å². The number of hydrogen-bond donors (Lipinski definition) is 1. The van der Waals surface area contributed by atoms with Crippen molar-refractivity contribution >= 4 is 10.9 Å². The van der Waals surface area contributed by atoms with Gasteiger partial charge in [-0.1, -0.05) is 30.3 Å². The van der Waals surface area contributed by atoms with Gasteiger partial charge >= 0.3 is 6.18 Å². The van der Waals surface area contributed by atoms with Crippen molar-refractivity contribution in [2.75, 3.05) is 0 Å². The highest BCUT2D eigenvalue weighted by Crippen LogP contribution is 2.39. The number of H-pyrrole nitrogens is 1. The van der Waals surface area contributed by atoms with Gasteiger partial charge in [0, 0.05) is 17.1 Å². The molecule has 0 unspecified atom stereocenters. The van der Waals surface area contributed by atoms with Crippen LogP contribution >= 0.6 is 0 Å². The van der Waals surface area contributed by atoms with Crippen molar-refractivity contribution in [1.82, 2.24) is 15.2 Å². The van der Waals surface area contributed by atoms with Gasteiger partial charge in [0.25, 0.3) is 0 Å². The zero-order chi connectivity index (χ0) is 18.9. The highest BCUT2D eigenvalue weighted by Gasteiger charge is 2.32. The van der Waals surface area contributed by atoms with E-state index in [0.717, 1.165) is 17.7 Å². The van der Waals surface area contributed by atoms with Crippen molar-refractivity contribution in [2.45, 2.75) is 12.8 Å². The van der Waals surface area contributed by atoms with E-state index >= 15 is 0 Å². The van der Waals surface area contributed by atoms with Crippen LogP contribution in [0, 0.1) is 0 Å². The fourth-order valence-electron chi connectivity index (χ4n) is 2.87. The number of halogens is 3. The molecular weight excluding hydrogens is 355 g/mol. The van der Waals surface area contributed by atoms with E-state index in [1.54, 1.807) is 18.3 Å². The van der Waals surface area contributed by atoms with Crippen LogP contribution in [0.1, 0.15) is 11.1 Å². The average Bonchev–Trinajstić information content (AvgIpc) is 3.15. The first-order valence-corrected chi connectivity index (χ1v) is 8.19. The number of rotatable bonds is 4. The van der Waals surface area contributed by atoms with Gasteiger partial charge in [0.05, 0.1) is 17.3 Å². The van der Waals surface area contributed by atoms with E-state index in [2.05, 4.69) is 15.2 Å². The second-order valence-corrected chi connectivity index (χ2v) is 5.98. The molecule has 0 radical (unpaired) electrons. The Morgan fingerprint density at radius 1 is 0.963 bits per heavy atom. The van der Waals surface area contributed by atoms with Crippen LogP contribution in [-0.2, 0) is 12.8 Å². The smallest absolute Gasteiger partial charge is 0.416 e. The summed E-state index contributed by atoms with van der Waals surface area (Å²) in [5.41, 5.74) is 1.33. The van der Waals surface area contributed by atoms with Crippen molar-refractivity contribution in [1.29, 1.82) is 0 Å². The first-order valence-electron chi connectivity index (χ1n) is 8.19. The molecule has 7 heteroatoms. The third-order valence-electron chi connectivity index (χ3n) is 4.17. The number of fused-ring (bicyclic) bond motifs is 1. The number of pyridine rings is 1. The zero-order valence-electron chi connectivity index (χ0n) is 14.0. The van der Waals surface area contributed by atoms with Crippen molar-refractivity contribution in [2.24, 2.45) is 0 Å². The minimum atomic E-state index is -4.47. The fourth-order valence-corrected chi connectivity index (χ4v) is 2.87. The number of ether oxygens (including phenoxy) is 1. The maximum absolute atomic E-state index is 13.3. The molecule has 0 bridgehead atoms. The number of aromatic nitrogens is 3. The van der Waals surface area contributed by atoms with Crippen LogP contribution in [0.2, 0.25) is 0 Å². The first-order chi connectivity index (χ1) is 13.0. The molecule has 136 valence electrons. The molecule has 0 amide bonds. The lowest BCUT2D eigenvalue weighted by Gasteiger charge is -2.13. The van der Waals surface area contributed by atoms with Crippen molar-refractivity contribution in [3.8, 4) is 17.0 Å². The molecule has 27 heavy (non-hydrogen) atoms. The molecule has 4 aromatic rings. The van der Waals surface area contributed by atoms with E-state index in [-0.39, 0.29) is 12.5 Å². The van der Waals surface area contributed by atoms with Gasteiger partial charge in [0.15, 0.2) is 0 Å². The summed E-state index contributed by atoms with van der Waals surface area (Å²) < 4.78 is 45.7. The number of alkyl halides is 3. The summed E-state index contributed by atoms with van der Waals surface area (Å²) in [5.74, 6) is 0.267. The van der Waals surface area contributed by atoms with E-state index in [1.165, 1.54) is 6.20 Å². The molecule has 4 nitrogen and oxygen atoms in total. The van der Waals surface area contributed by atoms with Crippen LogP contribution in [0.15, 0.2) is 67.0 Å². The van der Waals surface area contributed by atoms with Crippen LogP contribution in [-0.4, -0.2) is 15.2 Å². The highest BCUT2D eigenvalue weighted by molar-refractivity contribution is 5.96. The van der Waals surface area contributed by atoms with Gasteiger partial charge in [-0.25, -0.2) is 4.98 Å². The summed E-state index contributed by atoms with van der Waals surface area (Å²) in [4.78, 5) is 4.22. The van der Waals surface area contributed by atoms with Crippen LogP contribution in [0.4, 0.5) is 13.2 Å². The molecule has 2 aromatic carbocycles. The highest BCUT2D eigenvalue weighted by atomic mass is 19.4. The lowest BCUT2D eigenvalue weighted by molar-refractivity contribution is -0.137. The molecule has 2 aromatic heterocycles. The molecule has 0 spiro atoms. The monoisotopic (exact) mass is 369 g/mol. The van der Waals surface area contributed by atoms with Gasteiger partial charge in [-0.2, -0.15) is 18.3 Å². The molecule has 0 saturated heterocycles. The maximum atomic E-state index is 13.3.